The van der Waals surface area contributed by atoms with E-state index >= 15 is 0 Å². The molecule has 0 aromatic rings. The van der Waals surface area contributed by atoms with Crippen LogP contribution in [0.3, 0.4) is 0 Å². The quantitative estimate of drug-likeness (QED) is 0.666. The Bertz CT molecular complexity index is 254. The summed E-state index contributed by atoms with van der Waals surface area (Å²) in [6.07, 6.45) is 0.666. The SMILES string of the molecule is CCN(CC)C(=O)C(C)N(CC)CCC(N)=S. The van der Waals surface area contributed by atoms with Gasteiger partial charge in [0.05, 0.1) is 11.0 Å². The monoisotopic (exact) mass is 259 g/mol. The zero-order valence-corrected chi connectivity index (χ0v) is 12.2. The van der Waals surface area contributed by atoms with Crippen molar-refractivity contribution in [2.24, 2.45) is 5.73 Å². The van der Waals surface area contributed by atoms with E-state index in [0.29, 0.717) is 11.4 Å². The number of carbonyl (C=O) groups excluding carboxylic acids is 1. The van der Waals surface area contributed by atoms with E-state index in [-0.39, 0.29) is 11.9 Å². The van der Waals surface area contributed by atoms with Gasteiger partial charge in [-0.2, -0.15) is 0 Å². The summed E-state index contributed by atoms with van der Waals surface area (Å²) in [7, 11) is 0. The number of hydrogen-bond acceptors (Lipinski definition) is 3. The molecule has 1 atom stereocenters. The Hall–Kier alpha value is -0.680. The van der Waals surface area contributed by atoms with Crippen molar-refractivity contribution in [2.45, 2.75) is 40.2 Å². The molecule has 0 aromatic heterocycles. The predicted molar refractivity (Wildman–Crippen MR) is 76.0 cm³/mol. The first kappa shape index (κ1) is 16.3. The summed E-state index contributed by atoms with van der Waals surface area (Å²) in [6.45, 7) is 11.1. The van der Waals surface area contributed by atoms with Crippen LogP contribution in [0.4, 0.5) is 0 Å². The molecule has 2 N–H and O–H groups in total. The Morgan fingerprint density at radius 1 is 1.24 bits per heavy atom. The van der Waals surface area contributed by atoms with Gasteiger partial charge in [0.15, 0.2) is 0 Å². The third kappa shape index (κ3) is 5.46. The lowest BCUT2D eigenvalue weighted by Gasteiger charge is -2.31. The van der Waals surface area contributed by atoms with E-state index in [4.69, 9.17) is 18.0 Å². The number of amides is 1. The van der Waals surface area contributed by atoms with Gasteiger partial charge in [-0.15, -0.1) is 0 Å². The highest BCUT2D eigenvalue weighted by molar-refractivity contribution is 7.80. The molecule has 0 saturated carbocycles. The van der Waals surface area contributed by atoms with Gasteiger partial charge in [0, 0.05) is 26.1 Å². The standard InChI is InChI=1S/C12H25N3OS/c1-5-14(6-2)12(16)10(4)15(7-3)9-8-11(13)17/h10H,5-9H2,1-4H3,(H2,13,17). The first-order chi connectivity index (χ1) is 7.97. The molecule has 0 spiro atoms. The molecule has 0 bridgehead atoms. The minimum atomic E-state index is -0.103. The molecule has 0 rings (SSSR count). The average molecular weight is 259 g/mol. The van der Waals surface area contributed by atoms with Crippen LogP contribution in [-0.4, -0.2) is 52.9 Å². The Labute approximate surface area is 110 Å². The number of hydrogen-bond donors (Lipinski definition) is 1. The second-order valence-electron chi connectivity index (χ2n) is 4.03. The van der Waals surface area contributed by atoms with Crippen LogP contribution in [0.15, 0.2) is 0 Å². The highest BCUT2D eigenvalue weighted by Crippen LogP contribution is 2.05. The molecule has 0 aliphatic carbocycles. The molecular weight excluding hydrogens is 234 g/mol. The molecule has 0 aliphatic rings. The molecule has 1 unspecified atom stereocenters. The van der Waals surface area contributed by atoms with Crippen LogP contribution < -0.4 is 5.73 Å². The van der Waals surface area contributed by atoms with E-state index in [2.05, 4.69) is 4.90 Å². The smallest absolute Gasteiger partial charge is 0.239 e. The van der Waals surface area contributed by atoms with Crippen LogP contribution in [0.5, 0.6) is 0 Å². The zero-order valence-electron chi connectivity index (χ0n) is 11.4. The van der Waals surface area contributed by atoms with E-state index < -0.39 is 0 Å². The summed E-state index contributed by atoms with van der Waals surface area (Å²) in [6, 6.07) is -0.103. The van der Waals surface area contributed by atoms with Crippen LogP contribution in [0.2, 0.25) is 0 Å². The molecule has 4 nitrogen and oxygen atoms in total. The Balaban J connectivity index is 4.45. The second kappa shape index (κ2) is 8.42. The molecule has 0 fully saturated rings. The van der Waals surface area contributed by atoms with E-state index in [1.807, 2.05) is 32.6 Å². The van der Waals surface area contributed by atoms with E-state index in [1.54, 1.807) is 0 Å². The maximum absolute atomic E-state index is 12.2. The molecular formula is C12H25N3OS. The molecule has 5 heteroatoms. The minimum absolute atomic E-state index is 0.103. The van der Waals surface area contributed by atoms with Gasteiger partial charge in [-0.3, -0.25) is 9.69 Å². The number of thiocarbonyl (C=S) groups is 1. The lowest BCUT2D eigenvalue weighted by Crippen LogP contribution is -2.47. The summed E-state index contributed by atoms with van der Waals surface area (Å²) in [5.74, 6) is 0.180. The highest BCUT2D eigenvalue weighted by atomic mass is 32.1. The lowest BCUT2D eigenvalue weighted by atomic mass is 10.2. The van der Waals surface area contributed by atoms with Crippen molar-refractivity contribution >= 4 is 23.1 Å². The second-order valence-corrected chi connectivity index (χ2v) is 4.56. The van der Waals surface area contributed by atoms with Gasteiger partial charge < -0.3 is 10.6 Å². The maximum atomic E-state index is 12.2. The third-order valence-corrected chi connectivity index (χ3v) is 3.24. The van der Waals surface area contributed by atoms with Crippen LogP contribution >= 0.6 is 12.2 Å². The molecule has 0 radical (unpaired) electrons. The van der Waals surface area contributed by atoms with Crippen molar-refractivity contribution in [1.82, 2.24) is 9.80 Å². The summed E-state index contributed by atoms with van der Waals surface area (Å²) in [5, 5.41) is 0. The Morgan fingerprint density at radius 2 is 1.76 bits per heavy atom. The number of nitrogens with two attached hydrogens (primary N) is 1. The van der Waals surface area contributed by atoms with Gasteiger partial charge in [-0.05, 0) is 27.3 Å². The first-order valence-corrected chi connectivity index (χ1v) is 6.69. The van der Waals surface area contributed by atoms with E-state index in [9.17, 15) is 4.79 Å². The summed E-state index contributed by atoms with van der Waals surface area (Å²) in [5.41, 5.74) is 5.49. The summed E-state index contributed by atoms with van der Waals surface area (Å²) in [4.78, 5) is 16.6. The molecule has 0 saturated heterocycles. The van der Waals surface area contributed by atoms with Crippen molar-refractivity contribution < 1.29 is 4.79 Å². The molecule has 0 aliphatic heterocycles. The number of nitrogens with zero attached hydrogens (tertiary/aromatic N) is 2. The summed E-state index contributed by atoms with van der Waals surface area (Å²) < 4.78 is 0. The van der Waals surface area contributed by atoms with Crippen molar-refractivity contribution in [3.8, 4) is 0 Å². The average Bonchev–Trinajstić information content (AvgIpc) is 2.30. The fraction of sp³-hybridized carbons (Fsp3) is 0.833. The Kier molecular flexibility index (Phi) is 8.08. The number of carbonyl (C=O) groups is 1. The zero-order chi connectivity index (χ0) is 13.4. The fourth-order valence-electron chi connectivity index (χ4n) is 1.84. The van der Waals surface area contributed by atoms with Gasteiger partial charge in [0.25, 0.3) is 0 Å². The van der Waals surface area contributed by atoms with Crippen molar-refractivity contribution in [2.75, 3.05) is 26.2 Å². The van der Waals surface area contributed by atoms with Gasteiger partial charge in [-0.25, -0.2) is 0 Å². The van der Waals surface area contributed by atoms with E-state index in [0.717, 1.165) is 26.2 Å². The number of likely N-dealkylation sites (N-methyl/N-ethyl adjacent to an activating group) is 2. The molecule has 100 valence electrons. The van der Waals surface area contributed by atoms with Gasteiger partial charge in [-0.1, -0.05) is 19.1 Å². The van der Waals surface area contributed by atoms with Crippen LogP contribution in [0, 0.1) is 0 Å². The van der Waals surface area contributed by atoms with Gasteiger partial charge in [0.1, 0.15) is 0 Å². The third-order valence-electron chi connectivity index (χ3n) is 3.03. The van der Waals surface area contributed by atoms with Crippen molar-refractivity contribution in [3.05, 3.63) is 0 Å². The van der Waals surface area contributed by atoms with Crippen LogP contribution in [0.25, 0.3) is 0 Å². The molecule has 1 amide bonds. The Morgan fingerprint density at radius 3 is 2.12 bits per heavy atom. The fourth-order valence-corrected chi connectivity index (χ4v) is 1.93. The molecule has 0 heterocycles. The van der Waals surface area contributed by atoms with Crippen molar-refractivity contribution in [1.29, 1.82) is 0 Å². The predicted octanol–water partition coefficient (Wildman–Crippen LogP) is 1.24. The summed E-state index contributed by atoms with van der Waals surface area (Å²) >= 11 is 4.87. The normalized spacial score (nSPS) is 12.5. The first-order valence-electron chi connectivity index (χ1n) is 6.28. The number of rotatable bonds is 8. The highest BCUT2D eigenvalue weighted by Gasteiger charge is 2.23. The molecule has 17 heavy (non-hydrogen) atoms. The lowest BCUT2D eigenvalue weighted by molar-refractivity contribution is -0.135. The largest absolute Gasteiger partial charge is 0.393 e. The van der Waals surface area contributed by atoms with Crippen LogP contribution in [-0.2, 0) is 4.79 Å². The topological polar surface area (TPSA) is 49.6 Å². The van der Waals surface area contributed by atoms with Crippen molar-refractivity contribution in [3.63, 3.8) is 0 Å². The van der Waals surface area contributed by atoms with Gasteiger partial charge in [0.2, 0.25) is 5.91 Å². The van der Waals surface area contributed by atoms with Gasteiger partial charge >= 0.3 is 0 Å². The maximum Gasteiger partial charge on any atom is 0.239 e. The molecule has 0 aromatic carbocycles. The minimum Gasteiger partial charge on any atom is -0.393 e. The van der Waals surface area contributed by atoms with Crippen LogP contribution in [0.1, 0.15) is 34.1 Å². The van der Waals surface area contributed by atoms with E-state index in [1.165, 1.54) is 0 Å².